The summed E-state index contributed by atoms with van der Waals surface area (Å²) >= 11 is 2.16. The van der Waals surface area contributed by atoms with E-state index >= 15 is 0 Å². The van der Waals surface area contributed by atoms with Crippen LogP contribution in [0.3, 0.4) is 0 Å². The second-order valence-electron chi connectivity index (χ2n) is 6.87. The van der Waals surface area contributed by atoms with Gasteiger partial charge in [0.05, 0.1) is 0 Å². The first kappa shape index (κ1) is 15.7. The lowest BCUT2D eigenvalue weighted by molar-refractivity contribution is 0.173. The number of nitrogens with zero attached hydrogens (tertiary/aromatic N) is 1. The lowest BCUT2D eigenvalue weighted by Gasteiger charge is -2.35. The second kappa shape index (κ2) is 7.33. The molecule has 1 saturated heterocycles. The average molecular weight is 285 g/mol. The van der Waals surface area contributed by atoms with Crippen LogP contribution in [0.1, 0.15) is 52.9 Å². The van der Waals surface area contributed by atoms with Gasteiger partial charge in [-0.3, -0.25) is 0 Å². The van der Waals surface area contributed by atoms with Gasteiger partial charge >= 0.3 is 0 Å². The lowest BCUT2D eigenvalue weighted by atomic mass is 9.84. The Labute approximate surface area is 124 Å². The molecule has 2 fully saturated rings. The Morgan fingerprint density at radius 2 is 2.00 bits per heavy atom. The summed E-state index contributed by atoms with van der Waals surface area (Å²) in [5.41, 5.74) is 0. The Morgan fingerprint density at radius 1 is 1.21 bits per heavy atom. The lowest BCUT2D eigenvalue weighted by Crippen LogP contribution is -2.44. The zero-order chi connectivity index (χ0) is 13.7. The van der Waals surface area contributed by atoms with Crippen molar-refractivity contribution in [3.8, 4) is 0 Å². The van der Waals surface area contributed by atoms with Crippen molar-refractivity contribution in [2.75, 3.05) is 31.9 Å². The van der Waals surface area contributed by atoms with E-state index in [9.17, 15) is 0 Å². The van der Waals surface area contributed by atoms with Gasteiger partial charge in [-0.05, 0) is 38.3 Å². The van der Waals surface area contributed by atoms with Crippen LogP contribution in [-0.2, 0) is 0 Å². The first-order valence-electron chi connectivity index (χ1n) is 8.20. The molecule has 1 saturated carbocycles. The van der Waals surface area contributed by atoms with Crippen molar-refractivity contribution < 1.29 is 0 Å². The number of hydrogen-bond acceptors (Lipinski definition) is 3. The summed E-state index contributed by atoms with van der Waals surface area (Å²) in [5.74, 6) is 2.20. The van der Waals surface area contributed by atoms with Gasteiger partial charge in [0.1, 0.15) is 0 Å². The molecule has 0 aromatic rings. The molecule has 1 N–H and O–H groups in total. The topological polar surface area (TPSA) is 15.3 Å². The van der Waals surface area contributed by atoms with E-state index in [1.165, 1.54) is 57.5 Å². The van der Waals surface area contributed by atoms with Crippen LogP contribution in [0.4, 0.5) is 0 Å². The number of rotatable bonds is 4. The van der Waals surface area contributed by atoms with E-state index in [-0.39, 0.29) is 0 Å². The van der Waals surface area contributed by atoms with Crippen LogP contribution in [0.2, 0.25) is 0 Å². The van der Waals surface area contributed by atoms with Gasteiger partial charge in [-0.1, -0.05) is 33.6 Å². The minimum Gasteiger partial charge on any atom is -0.314 e. The van der Waals surface area contributed by atoms with Gasteiger partial charge < -0.3 is 10.2 Å². The Kier molecular flexibility index (Phi) is 6.04. The molecule has 2 nitrogen and oxygen atoms in total. The van der Waals surface area contributed by atoms with Crippen molar-refractivity contribution in [3.05, 3.63) is 0 Å². The Bertz CT molecular complexity index is 265. The molecule has 2 rings (SSSR count). The third-order valence-corrected chi connectivity index (χ3v) is 6.17. The van der Waals surface area contributed by atoms with Crippen molar-refractivity contribution in [3.63, 3.8) is 0 Å². The molecule has 1 aliphatic heterocycles. The maximum atomic E-state index is 3.72. The van der Waals surface area contributed by atoms with E-state index in [0.717, 1.165) is 18.5 Å². The zero-order valence-corrected chi connectivity index (χ0v) is 13.9. The normalized spacial score (nSPS) is 33.0. The predicted octanol–water partition coefficient (Wildman–Crippen LogP) is 3.37. The van der Waals surface area contributed by atoms with Gasteiger partial charge in [-0.15, -0.1) is 0 Å². The summed E-state index contributed by atoms with van der Waals surface area (Å²) in [7, 11) is 0. The molecule has 19 heavy (non-hydrogen) atoms. The second-order valence-corrected chi connectivity index (χ2v) is 8.67. The molecule has 0 spiro atoms. The maximum Gasteiger partial charge on any atom is 0.0116 e. The molecule has 0 aromatic carbocycles. The third kappa shape index (κ3) is 4.95. The third-order valence-electron chi connectivity index (χ3n) is 4.80. The van der Waals surface area contributed by atoms with Crippen molar-refractivity contribution >= 4 is 11.8 Å². The van der Waals surface area contributed by atoms with E-state index in [1.54, 1.807) is 0 Å². The molecule has 3 heteroatoms. The Balaban J connectivity index is 1.84. The minimum absolute atomic E-state index is 0.488. The van der Waals surface area contributed by atoms with Gasteiger partial charge in [-0.2, -0.15) is 11.8 Å². The van der Waals surface area contributed by atoms with Gasteiger partial charge in [0, 0.05) is 29.6 Å². The highest BCUT2D eigenvalue weighted by Gasteiger charge is 2.29. The fourth-order valence-electron chi connectivity index (χ4n) is 3.53. The molecule has 2 unspecified atom stereocenters. The van der Waals surface area contributed by atoms with Crippen molar-refractivity contribution in [1.29, 1.82) is 0 Å². The smallest absolute Gasteiger partial charge is 0.0116 e. The predicted molar refractivity (Wildman–Crippen MR) is 87.0 cm³/mol. The monoisotopic (exact) mass is 284 g/mol. The molecule has 0 amide bonds. The van der Waals surface area contributed by atoms with Crippen LogP contribution in [0, 0.1) is 5.92 Å². The number of nitrogens with one attached hydrogen (secondary N) is 1. The molecular weight excluding hydrogens is 252 g/mol. The van der Waals surface area contributed by atoms with E-state index in [1.807, 2.05) is 0 Å². The summed E-state index contributed by atoms with van der Waals surface area (Å²) in [6.07, 6.45) is 7.05. The summed E-state index contributed by atoms with van der Waals surface area (Å²) in [6.45, 7) is 12.1. The molecular formula is C16H32N2S. The summed E-state index contributed by atoms with van der Waals surface area (Å²) in [5, 5.41) is 3.72. The van der Waals surface area contributed by atoms with Gasteiger partial charge in [0.2, 0.25) is 0 Å². The van der Waals surface area contributed by atoms with Gasteiger partial charge in [-0.25, -0.2) is 0 Å². The maximum absolute atomic E-state index is 3.72. The highest BCUT2D eigenvalue weighted by atomic mass is 32.2. The quantitative estimate of drug-likeness (QED) is 0.852. The van der Waals surface area contributed by atoms with E-state index in [2.05, 4.69) is 42.7 Å². The van der Waals surface area contributed by atoms with Crippen LogP contribution >= 0.6 is 11.8 Å². The number of thioether (sulfide) groups is 1. The SMILES string of the molecule is CCNC1CCCCC1CN1CCSC(C)(C)CC1. The molecule has 1 heterocycles. The van der Waals surface area contributed by atoms with Crippen molar-refractivity contribution in [2.24, 2.45) is 5.92 Å². The molecule has 0 aromatic heterocycles. The number of hydrogen-bond donors (Lipinski definition) is 1. The highest BCUT2D eigenvalue weighted by Crippen LogP contribution is 2.32. The fourth-order valence-corrected chi connectivity index (χ4v) is 4.67. The van der Waals surface area contributed by atoms with E-state index in [0.29, 0.717) is 4.75 Å². The van der Waals surface area contributed by atoms with Crippen LogP contribution < -0.4 is 5.32 Å². The molecule has 1 aliphatic carbocycles. The van der Waals surface area contributed by atoms with Crippen molar-refractivity contribution in [2.45, 2.75) is 63.7 Å². The first-order valence-corrected chi connectivity index (χ1v) is 9.19. The largest absolute Gasteiger partial charge is 0.314 e. The van der Waals surface area contributed by atoms with E-state index < -0.39 is 0 Å². The molecule has 0 bridgehead atoms. The van der Waals surface area contributed by atoms with Crippen LogP contribution in [0.5, 0.6) is 0 Å². The van der Waals surface area contributed by atoms with Crippen LogP contribution in [0.25, 0.3) is 0 Å². The van der Waals surface area contributed by atoms with Gasteiger partial charge in [0.25, 0.3) is 0 Å². The van der Waals surface area contributed by atoms with Crippen LogP contribution in [0.15, 0.2) is 0 Å². The van der Waals surface area contributed by atoms with Crippen molar-refractivity contribution in [1.82, 2.24) is 10.2 Å². The first-order chi connectivity index (χ1) is 9.11. The molecule has 0 radical (unpaired) electrons. The van der Waals surface area contributed by atoms with Gasteiger partial charge in [0.15, 0.2) is 0 Å². The van der Waals surface area contributed by atoms with Crippen LogP contribution in [-0.4, -0.2) is 47.6 Å². The Morgan fingerprint density at radius 3 is 2.79 bits per heavy atom. The molecule has 2 atom stereocenters. The average Bonchev–Trinajstić information content (AvgIpc) is 2.54. The summed E-state index contributed by atoms with van der Waals surface area (Å²) < 4.78 is 0.488. The standard InChI is InChI=1S/C16H32N2S/c1-4-17-15-8-6-5-7-14(15)13-18-10-9-16(2,3)19-12-11-18/h14-15,17H,4-13H2,1-3H3. The highest BCUT2D eigenvalue weighted by molar-refractivity contribution is 8.00. The van der Waals surface area contributed by atoms with E-state index in [4.69, 9.17) is 0 Å². The fraction of sp³-hybridized carbons (Fsp3) is 1.00. The molecule has 2 aliphatic rings. The zero-order valence-electron chi connectivity index (χ0n) is 13.1. The minimum atomic E-state index is 0.488. The summed E-state index contributed by atoms with van der Waals surface area (Å²) in [6, 6.07) is 0.780. The molecule has 112 valence electrons. The summed E-state index contributed by atoms with van der Waals surface area (Å²) in [4.78, 5) is 2.74. The Hall–Kier alpha value is 0.270.